The maximum Gasteiger partial charge on any atom is 0.252 e. The average molecular weight is 255 g/mol. The fourth-order valence-electron chi connectivity index (χ4n) is 2.53. The van der Waals surface area contributed by atoms with Crippen LogP contribution in [0.1, 0.15) is 29.6 Å². The molecule has 0 heterocycles. The van der Waals surface area contributed by atoms with Crippen LogP contribution in [0, 0.1) is 0 Å². The second-order valence-corrected chi connectivity index (χ2v) is 5.29. The van der Waals surface area contributed by atoms with Gasteiger partial charge >= 0.3 is 0 Å². The maximum atomic E-state index is 12.2. The lowest BCUT2D eigenvalue weighted by molar-refractivity contribution is -0.0300. The minimum Gasteiger partial charge on any atom is -0.388 e. The Balaban J connectivity index is 1.81. The van der Waals surface area contributed by atoms with Crippen molar-refractivity contribution in [3.63, 3.8) is 0 Å². The van der Waals surface area contributed by atoms with Gasteiger partial charge in [0.15, 0.2) is 0 Å². The lowest BCUT2D eigenvalue weighted by atomic mass is 9.80. The van der Waals surface area contributed by atoms with Crippen LogP contribution in [0.15, 0.2) is 42.5 Å². The molecule has 98 valence electrons. The van der Waals surface area contributed by atoms with Crippen molar-refractivity contribution >= 4 is 16.7 Å². The lowest BCUT2D eigenvalue weighted by Crippen LogP contribution is -2.47. The molecule has 0 aliphatic heterocycles. The lowest BCUT2D eigenvalue weighted by Gasteiger charge is -2.36. The molecule has 0 spiro atoms. The van der Waals surface area contributed by atoms with Crippen LogP contribution in [-0.4, -0.2) is 23.2 Å². The number of rotatable bonds is 3. The van der Waals surface area contributed by atoms with Crippen LogP contribution >= 0.6 is 0 Å². The second kappa shape index (κ2) is 4.67. The summed E-state index contributed by atoms with van der Waals surface area (Å²) >= 11 is 0. The third-order valence-corrected chi connectivity index (χ3v) is 3.90. The van der Waals surface area contributed by atoms with E-state index in [4.69, 9.17) is 0 Å². The summed E-state index contributed by atoms with van der Waals surface area (Å²) in [6, 6.07) is 13.5. The Hall–Kier alpha value is -1.87. The quantitative estimate of drug-likeness (QED) is 0.885. The number of hydrogen-bond acceptors (Lipinski definition) is 2. The highest BCUT2D eigenvalue weighted by Crippen LogP contribution is 2.30. The van der Waals surface area contributed by atoms with Gasteiger partial charge in [0.2, 0.25) is 0 Å². The number of carbonyl (C=O) groups is 1. The van der Waals surface area contributed by atoms with Gasteiger partial charge in [-0.05, 0) is 36.1 Å². The molecule has 0 bridgehead atoms. The van der Waals surface area contributed by atoms with Crippen LogP contribution in [0.3, 0.4) is 0 Å². The normalized spacial score (nSPS) is 16.9. The highest BCUT2D eigenvalue weighted by Gasteiger charge is 2.34. The van der Waals surface area contributed by atoms with E-state index in [2.05, 4.69) is 5.32 Å². The van der Waals surface area contributed by atoms with E-state index in [1.54, 1.807) is 0 Å². The Kier molecular flexibility index (Phi) is 2.99. The number of fused-ring (bicyclic) bond motifs is 1. The molecule has 1 saturated carbocycles. The van der Waals surface area contributed by atoms with Crippen molar-refractivity contribution in [2.45, 2.75) is 24.9 Å². The summed E-state index contributed by atoms with van der Waals surface area (Å²) in [5.41, 5.74) is -0.0127. The Morgan fingerprint density at radius 2 is 1.89 bits per heavy atom. The monoisotopic (exact) mass is 255 g/mol. The molecule has 1 fully saturated rings. The molecule has 3 rings (SSSR count). The minimum atomic E-state index is -0.680. The predicted molar refractivity (Wildman–Crippen MR) is 75.1 cm³/mol. The van der Waals surface area contributed by atoms with Crippen LogP contribution in [-0.2, 0) is 0 Å². The molecule has 2 aromatic rings. The average Bonchev–Trinajstić information content (AvgIpc) is 2.42. The highest BCUT2D eigenvalue weighted by molar-refractivity contribution is 6.07. The van der Waals surface area contributed by atoms with Crippen molar-refractivity contribution in [3.05, 3.63) is 48.0 Å². The van der Waals surface area contributed by atoms with E-state index in [1.807, 2.05) is 42.5 Å². The van der Waals surface area contributed by atoms with Crippen LogP contribution in [0.5, 0.6) is 0 Å². The predicted octanol–water partition coefficient (Wildman–Crippen LogP) is 2.48. The van der Waals surface area contributed by atoms with Crippen molar-refractivity contribution in [1.29, 1.82) is 0 Å². The molecule has 1 aliphatic carbocycles. The number of amides is 1. The second-order valence-electron chi connectivity index (χ2n) is 5.29. The van der Waals surface area contributed by atoms with E-state index >= 15 is 0 Å². The first-order valence-electron chi connectivity index (χ1n) is 6.66. The molecule has 0 aromatic heterocycles. The van der Waals surface area contributed by atoms with Crippen LogP contribution in [0.4, 0.5) is 0 Å². The molecule has 3 heteroatoms. The van der Waals surface area contributed by atoms with Gasteiger partial charge in [-0.25, -0.2) is 0 Å². The van der Waals surface area contributed by atoms with E-state index in [9.17, 15) is 9.90 Å². The molecule has 2 N–H and O–H groups in total. The molecule has 19 heavy (non-hydrogen) atoms. The summed E-state index contributed by atoms with van der Waals surface area (Å²) in [6.45, 7) is 0.342. The maximum absolute atomic E-state index is 12.2. The van der Waals surface area contributed by atoms with Gasteiger partial charge < -0.3 is 10.4 Å². The first kappa shape index (κ1) is 12.2. The summed E-state index contributed by atoms with van der Waals surface area (Å²) < 4.78 is 0. The van der Waals surface area contributed by atoms with Gasteiger partial charge in [0.05, 0.1) is 5.60 Å². The molecular formula is C16H17NO2. The Morgan fingerprint density at radius 1 is 1.16 bits per heavy atom. The van der Waals surface area contributed by atoms with Gasteiger partial charge in [-0.2, -0.15) is 0 Å². The Morgan fingerprint density at radius 3 is 2.63 bits per heavy atom. The fraction of sp³-hybridized carbons (Fsp3) is 0.312. The van der Waals surface area contributed by atoms with Crippen molar-refractivity contribution in [1.82, 2.24) is 5.32 Å². The Bertz CT molecular complexity index is 612. The first-order chi connectivity index (χ1) is 9.18. The van der Waals surface area contributed by atoms with Crippen LogP contribution < -0.4 is 5.32 Å². The zero-order valence-corrected chi connectivity index (χ0v) is 10.7. The third kappa shape index (κ3) is 2.34. The topological polar surface area (TPSA) is 49.3 Å². The number of benzene rings is 2. The van der Waals surface area contributed by atoms with E-state index in [0.29, 0.717) is 12.1 Å². The van der Waals surface area contributed by atoms with E-state index in [0.717, 1.165) is 30.0 Å². The molecule has 2 aromatic carbocycles. The van der Waals surface area contributed by atoms with Gasteiger partial charge in [0, 0.05) is 12.1 Å². The van der Waals surface area contributed by atoms with Crippen molar-refractivity contribution < 1.29 is 9.90 Å². The Labute approximate surface area is 112 Å². The van der Waals surface area contributed by atoms with Crippen LogP contribution in [0.25, 0.3) is 10.8 Å². The SMILES string of the molecule is O=C(NCC1(O)CCC1)c1cccc2ccccc12. The summed E-state index contributed by atoms with van der Waals surface area (Å²) in [5, 5.41) is 14.8. The molecule has 1 aliphatic rings. The number of aliphatic hydroxyl groups is 1. The summed E-state index contributed by atoms with van der Waals surface area (Å²) in [7, 11) is 0. The van der Waals surface area contributed by atoms with E-state index < -0.39 is 5.60 Å². The van der Waals surface area contributed by atoms with E-state index in [1.165, 1.54) is 0 Å². The van der Waals surface area contributed by atoms with Crippen molar-refractivity contribution in [3.8, 4) is 0 Å². The summed E-state index contributed by atoms with van der Waals surface area (Å²) in [5.74, 6) is -0.114. The van der Waals surface area contributed by atoms with Crippen molar-refractivity contribution in [2.75, 3.05) is 6.54 Å². The smallest absolute Gasteiger partial charge is 0.252 e. The third-order valence-electron chi connectivity index (χ3n) is 3.90. The number of hydrogen-bond donors (Lipinski definition) is 2. The van der Waals surface area contributed by atoms with Gasteiger partial charge in [-0.3, -0.25) is 4.79 Å². The molecule has 3 nitrogen and oxygen atoms in total. The van der Waals surface area contributed by atoms with E-state index in [-0.39, 0.29) is 5.91 Å². The largest absolute Gasteiger partial charge is 0.388 e. The minimum absolute atomic E-state index is 0.114. The first-order valence-corrected chi connectivity index (χ1v) is 6.66. The number of carbonyl (C=O) groups excluding carboxylic acids is 1. The molecule has 0 radical (unpaired) electrons. The summed E-state index contributed by atoms with van der Waals surface area (Å²) in [6.07, 6.45) is 2.60. The van der Waals surface area contributed by atoms with Gasteiger partial charge in [0.25, 0.3) is 5.91 Å². The summed E-state index contributed by atoms with van der Waals surface area (Å²) in [4.78, 5) is 12.2. The van der Waals surface area contributed by atoms with Crippen molar-refractivity contribution in [2.24, 2.45) is 0 Å². The molecule has 1 amide bonds. The zero-order chi connectivity index (χ0) is 13.3. The molecular weight excluding hydrogens is 238 g/mol. The zero-order valence-electron chi connectivity index (χ0n) is 10.7. The molecule has 0 atom stereocenters. The number of nitrogens with one attached hydrogen (secondary N) is 1. The van der Waals surface area contributed by atoms with Gasteiger partial charge in [-0.1, -0.05) is 36.4 Å². The molecule has 0 unspecified atom stereocenters. The van der Waals surface area contributed by atoms with Gasteiger partial charge in [0.1, 0.15) is 0 Å². The van der Waals surface area contributed by atoms with Gasteiger partial charge in [-0.15, -0.1) is 0 Å². The highest BCUT2D eigenvalue weighted by atomic mass is 16.3. The fourth-order valence-corrected chi connectivity index (χ4v) is 2.53. The standard InChI is InChI=1S/C16H17NO2/c18-15(17-11-16(19)9-4-10-16)14-8-3-6-12-5-1-2-7-13(12)14/h1-3,5-8,19H,4,9-11H2,(H,17,18). The van der Waals surface area contributed by atoms with Crippen LogP contribution in [0.2, 0.25) is 0 Å². The molecule has 0 saturated heterocycles.